The van der Waals surface area contributed by atoms with Gasteiger partial charge in [0.1, 0.15) is 0 Å². The Morgan fingerprint density at radius 1 is 0.897 bits per heavy atom. The zero-order valence-corrected chi connectivity index (χ0v) is 17.7. The van der Waals surface area contributed by atoms with Gasteiger partial charge in [0, 0.05) is 26.2 Å². The summed E-state index contributed by atoms with van der Waals surface area (Å²) in [5.41, 5.74) is 4.08. The molecule has 29 heavy (non-hydrogen) atoms. The minimum Gasteiger partial charge on any atom is -0.342 e. The van der Waals surface area contributed by atoms with Crippen LogP contribution in [0.1, 0.15) is 42.4 Å². The zero-order chi connectivity index (χ0) is 20.1. The van der Waals surface area contributed by atoms with E-state index < -0.39 is 0 Å². The van der Waals surface area contributed by atoms with Crippen LogP contribution in [0.3, 0.4) is 0 Å². The largest absolute Gasteiger partial charge is 0.342 e. The molecule has 4 rings (SSSR count). The summed E-state index contributed by atoms with van der Waals surface area (Å²) >= 11 is 0. The second kappa shape index (κ2) is 9.58. The number of aryl methyl sites for hydroxylation is 1. The van der Waals surface area contributed by atoms with Crippen molar-refractivity contribution in [3.8, 4) is 0 Å². The quantitative estimate of drug-likeness (QED) is 0.739. The molecular weight excluding hydrogens is 356 g/mol. The van der Waals surface area contributed by atoms with E-state index in [9.17, 15) is 4.79 Å². The molecule has 2 heterocycles. The van der Waals surface area contributed by atoms with Crippen LogP contribution < -0.4 is 0 Å². The van der Waals surface area contributed by atoms with Crippen molar-refractivity contribution in [3.63, 3.8) is 0 Å². The van der Waals surface area contributed by atoms with E-state index in [1.807, 2.05) is 0 Å². The Kier molecular flexibility index (Phi) is 6.66. The van der Waals surface area contributed by atoms with Gasteiger partial charge in [-0.1, -0.05) is 60.2 Å². The highest BCUT2D eigenvalue weighted by Gasteiger charge is 2.31. The summed E-state index contributed by atoms with van der Waals surface area (Å²) in [7, 11) is 0. The average molecular weight is 391 g/mol. The normalized spacial score (nSPS) is 21.3. The summed E-state index contributed by atoms with van der Waals surface area (Å²) < 4.78 is 0. The molecule has 0 aromatic heterocycles. The van der Waals surface area contributed by atoms with Crippen molar-refractivity contribution in [2.45, 2.75) is 45.6 Å². The van der Waals surface area contributed by atoms with Gasteiger partial charge in [0.25, 0.3) is 0 Å². The standard InChI is InChI=1S/C26H34N2O/c1-21-9-11-24(12-10-21)19-27-15-5-8-25(20-27)26(29)28-16-13-23(14-17-28)18-22-6-3-2-4-7-22/h2-4,6-7,9-12,23,25H,5,8,13-20H2,1H3/t25-/m0/s1. The number of rotatable bonds is 5. The average Bonchev–Trinajstić information content (AvgIpc) is 2.76. The molecular formula is C26H34N2O. The number of nitrogens with zero attached hydrogens (tertiary/aromatic N) is 2. The molecule has 3 nitrogen and oxygen atoms in total. The number of carbonyl (C=O) groups excluding carboxylic acids is 1. The third-order valence-corrected chi connectivity index (χ3v) is 6.67. The first-order chi connectivity index (χ1) is 14.2. The molecule has 2 aromatic rings. The third kappa shape index (κ3) is 5.48. The molecule has 2 aromatic carbocycles. The van der Waals surface area contributed by atoms with Crippen LogP contribution in [0.2, 0.25) is 0 Å². The fourth-order valence-electron chi connectivity index (χ4n) is 4.92. The molecule has 0 unspecified atom stereocenters. The third-order valence-electron chi connectivity index (χ3n) is 6.67. The summed E-state index contributed by atoms with van der Waals surface area (Å²) in [6, 6.07) is 19.6. The second-order valence-corrected chi connectivity index (χ2v) is 9.02. The van der Waals surface area contributed by atoms with E-state index in [1.165, 1.54) is 16.7 Å². The Bertz CT molecular complexity index is 778. The van der Waals surface area contributed by atoms with E-state index in [-0.39, 0.29) is 5.92 Å². The van der Waals surface area contributed by atoms with E-state index in [0.717, 1.165) is 64.8 Å². The summed E-state index contributed by atoms with van der Waals surface area (Å²) in [6.07, 6.45) is 5.61. The van der Waals surface area contributed by atoms with Gasteiger partial charge in [-0.05, 0) is 62.6 Å². The van der Waals surface area contributed by atoms with E-state index in [4.69, 9.17) is 0 Å². The second-order valence-electron chi connectivity index (χ2n) is 9.02. The molecule has 2 saturated heterocycles. The van der Waals surface area contributed by atoms with Gasteiger partial charge >= 0.3 is 0 Å². The monoisotopic (exact) mass is 390 g/mol. The molecule has 2 aliphatic rings. The van der Waals surface area contributed by atoms with Gasteiger partial charge < -0.3 is 4.90 Å². The number of amides is 1. The van der Waals surface area contributed by atoms with Gasteiger partial charge in [-0.25, -0.2) is 0 Å². The van der Waals surface area contributed by atoms with Crippen molar-refractivity contribution < 1.29 is 4.79 Å². The molecule has 0 N–H and O–H groups in total. The highest BCUT2D eigenvalue weighted by molar-refractivity contribution is 5.79. The Labute approximate surface area is 175 Å². The number of hydrogen-bond donors (Lipinski definition) is 0. The van der Waals surface area contributed by atoms with Crippen LogP contribution in [0.15, 0.2) is 54.6 Å². The van der Waals surface area contributed by atoms with Crippen LogP contribution in [-0.2, 0) is 17.8 Å². The SMILES string of the molecule is Cc1ccc(CN2CCC[C@H](C(=O)N3CCC(Cc4ccccc4)CC3)C2)cc1. The molecule has 0 saturated carbocycles. The smallest absolute Gasteiger partial charge is 0.226 e. The van der Waals surface area contributed by atoms with Gasteiger partial charge in [0.05, 0.1) is 5.92 Å². The number of carbonyl (C=O) groups is 1. The fraction of sp³-hybridized carbons (Fsp3) is 0.500. The van der Waals surface area contributed by atoms with Gasteiger partial charge in [0.15, 0.2) is 0 Å². The van der Waals surface area contributed by atoms with Crippen LogP contribution in [0.5, 0.6) is 0 Å². The predicted octanol–water partition coefficient (Wildman–Crippen LogP) is 4.69. The Morgan fingerprint density at radius 3 is 2.34 bits per heavy atom. The highest BCUT2D eigenvalue weighted by Crippen LogP contribution is 2.26. The van der Waals surface area contributed by atoms with E-state index >= 15 is 0 Å². The minimum atomic E-state index is 0.180. The van der Waals surface area contributed by atoms with Gasteiger partial charge in [-0.3, -0.25) is 9.69 Å². The molecule has 0 aliphatic carbocycles. The predicted molar refractivity (Wildman–Crippen MR) is 119 cm³/mol. The van der Waals surface area contributed by atoms with Crippen LogP contribution in [0, 0.1) is 18.8 Å². The van der Waals surface area contributed by atoms with E-state index in [0.29, 0.717) is 11.8 Å². The van der Waals surface area contributed by atoms with Crippen molar-refractivity contribution in [1.82, 2.24) is 9.80 Å². The molecule has 1 atom stereocenters. The first kappa shape index (κ1) is 20.2. The maximum atomic E-state index is 13.2. The minimum absolute atomic E-state index is 0.180. The van der Waals surface area contributed by atoms with Crippen molar-refractivity contribution in [2.24, 2.45) is 11.8 Å². The summed E-state index contributed by atoms with van der Waals surface area (Å²) in [4.78, 5) is 17.8. The van der Waals surface area contributed by atoms with Gasteiger partial charge in [0.2, 0.25) is 5.91 Å². The molecule has 1 amide bonds. The molecule has 0 spiro atoms. The van der Waals surface area contributed by atoms with Crippen LogP contribution in [0.4, 0.5) is 0 Å². The number of hydrogen-bond acceptors (Lipinski definition) is 2. The Hall–Kier alpha value is -2.13. The van der Waals surface area contributed by atoms with Gasteiger partial charge in [-0.2, -0.15) is 0 Å². The summed E-state index contributed by atoms with van der Waals surface area (Å²) in [5, 5.41) is 0. The van der Waals surface area contributed by atoms with Crippen molar-refractivity contribution in [2.75, 3.05) is 26.2 Å². The molecule has 0 radical (unpaired) electrons. The Morgan fingerprint density at radius 2 is 1.62 bits per heavy atom. The maximum Gasteiger partial charge on any atom is 0.226 e. The van der Waals surface area contributed by atoms with Gasteiger partial charge in [-0.15, -0.1) is 0 Å². The first-order valence-electron chi connectivity index (χ1n) is 11.3. The zero-order valence-electron chi connectivity index (χ0n) is 17.7. The molecule has 3 heteroatoms. The Balaban J connectivity index is 1.26. The fourth-order valence-corrected chi connectivity index (χ4v) is 4.92. The van der Waals surface area contributed by atoms with Crippen LogP contribution >= 0.6 is 0 Å². The number of likely N-dealkylation sites (tertiary alicyclic amines) is 2. The number of piperidine rings is 2. The molecule has 2 aliphatic heterocycles. The summed E-state index contributed by atoms with van der Waals surface area (Å²) in [6.45, 7) is 6.98. The van der Waals surface area contributed by atoms with E-state index in [1.54, 1.807) is 0 Å². The van der Waals surface area contributed by atoms with Crippen molar-refractivity contribution in [3.05, 3.63) is 71.3 Å². The highest BCUT2D eigenvalue weighted by atomic mass is 16.2. The lowest BCUT2D eigenvalue weighted by atomic mass is 9.89. The lowest BCUT2D eigenvalue weighted by Gasteiger charge is -2.38. The molecule has 2 fully saturated rings. The van der Waals surface area contributed by atoms with Crippen molar-refractivity contribution >= 4 is 5.91 Å². The van der Waals surface area contributed by atoms with Crippen molar-refractivity contribution in [1.29, 1.82) is 0 Å². The van der Waals surface area contributed by atoms with Crippen LogP contribution in [-0.4, -0.2) is 41.9 Å². The molecule has 154 valence electrons. The molecule has 0 bridgehead atoms. The lowest BCUT2D eigenvalue weighted by molar-refractivity contribution is -0.138. The topological polar surface area (TPSA) is 23.6 Å². The maximum absolute atomic E-state index is 13.2. The first-order valence-corrected chi connectivity index (χ1v) is 11.3. The summed E-state index contributed by atoms with van der Waals surface area (Å²) in [5.74, 6) is 1.29. The lowest BCUT2D eigenvalue weighted by Crippen LogP contribution is -2.47. The van der Waals surface area contributed by atoms with Crippen LogP contribution in [0.25, 0.3) is 0 Å². The van der Waals surface area contributed by atoms with E-state index in [2.05, 4.69) is 71.3 Å². The number of benzene rings is 2.